The van der Waals surface area contributed by atoms with Gasteiger partial charge in [-0.1, -0.05) is 0 Å². The minimum Gasteiger partial charge on any atom is -0.480 e. The third-order valence-electron chi connectivity index (χ3n) is 2.99. The number of hydrogen-bond donors (Lipinski definition) is 1. The van der Waals surface area contributed by atoms with Crippen LogP contribution in [0.15, 0.2) is 18.2 Å². The van der Waals surface area contributed by atoms with Crippen molar-refractivity contribution in [3.8, 4) is 0 Å². The molecule has 1 aliphatic heterocycles. The Morgan fingerprint density at radius 2 is 1.95 bits per heavy atom. The van der Waals surface area contributed by atoms with Crippen LogP contribution in [-0.2, 0) is 16.1 Å². The molecule has 0 unspecified atom stereocenters. The summed E-state index contributed by atoms with van der Waals surface area (Å²) in [5.74, 6) is -2.20. The lowest BCUT2D eigenvalue weighted by molar-refractivity contribution is -0.165. The minimum atomic E-state index is -1.01. The molecule has 0 amide bonds. The number of carboxylic acids is 1. The van der Waals surface area contributed by atoms with E-state index in [2.05, 4.69) is 0 Å². The molecule has 19 heavy (non-hydrogen) atoms. The quantitative estimate of drug-likeness (QED) is 0.884. The highest BCUT2D eigenvalue weighted by Gasteiger charge is 2.39. The van der Waals surface area contributed by atoms with E-state index in [1.165, 1.54) is 12.1 Å². The highest BCUT2D eigenvalue weighted by molar-refractivity contribution is 5.68. The Hall–Kier alpha value is -1.53. The summed E-state index contributed by atoms with van der Waals surface area (Å²) >= 11 is 0. The Balaban J connectivity index is 1.85. The zero-order valence-corrected chi connectivity index (χ0v) is 10.5. The molecule has 1 saturated heterocycles. The van der Waals surface area contributed by atoms with E-state index in [-0.39, 0.29) is 6.61 Å². The first-order valence-corrected chi connectivity index (χ1v) is 5.89. The standard InChI is InChI=1S/C13H15F2NO3/c1-13(19-6-12(17)18)7-16(8-13)5-9-2-10(14)4-11(15)3-9/h2-4H,5-8H2,1H3,(H,17,18). The fourth-order valence-corrected chi connectivity index (χ4v) is 2.30. The maximum atomic E-state index is 13.0. The normalized spacial score (nSPS) is 18.1. The zero-order valence-electron chi connectivity index (χ0n) is 10.5. The molecule has 1 heterocycles. The van der Waals surface area contributed by atoms with Crippen LogP contribution < -0.4 is 0 Å². The number of nitrogens with zero attached hydrogens (tertiary/aromatic N) is 1. The SMILES string of the molecule is CC1(OCC(=O)O)CN(Cc2cc(F)cc(F)c2)C1. The summed E-state index contributed by atoms with van der Waals surface area (Å²) in [6, 6.07) is 3.41. The average molecular weight is 271 g/mol. The zero-order chi connectivity index (χ0) is 14.0. The van der Waals surface area contributed by atoms with Crippen molar-refractivity contribution in [3.05, 3.63) is 35.4 Å². The third kappa shape index (κ3) is 3.71. The van der Waals surface area contributed by atoms with Crippen molar-refractivity contribution in [1.29, 1.82) is 0 Å². The van der Waals surface area contributed by atoms with Gasteiger partial charge in [-0.05, 0) is 24.6 Å². The molecule has 0 bridgehead atoms. The summed E-state index contributed by atoms with van der Waals surface area (Å²) in [6.07, 6.45) is 0. The summed E-state index contributed by atoms with van der Waals surface area (Å²) < 4.78 is 31.3. The molecule has 0 aromatic heterocycles. The summed E-state index contributed by atoms with van der Waals surface area (Å²) in [4.78, 5) is 12.4. The van der Waals surface area contributed by atoms with E-state index in [4.69, 9.17) is 9.84 Å². The van der Waals surface area contributed by atoms with Crippen molar-refractivity contribution >= 4 is 5.97 Å². The van der Waals surface area contributed by atoms with Crippen molar-refractivity contribution in [2.24, 2.45) is 0 Å². The van der Waals surface area contributed by atoms with Crippen LogP contribution >= 0.6 is 0 Å². The van der Waals surface area contributed by atoms with Crippen molar-refractivity contribution in [1.82, 2.24) is 4.90 Å². The van der Waals surface area contributed by atoms with Crippen LogP contribution in [0.25, 0.3) is 0 Å². The van der Waals surface area contributed by atoms with E-state index < -0.39 is 23.2 Å². The smallest absolute Gasteiger partial charge is 0.329 e. The molecule has 104 valence electrons. The van der Waals surface area contributed by atoms with Crippen LogP contribution in [0.2, 0.25) is 0 Å². The molecule has 0 radical (unpaired) electrons. The molecule has 4 nitrogen and oxygen atoms in total. The number of benzene rings is 1. The van der Waals surface area contributed by atoms with E-state index >= 15 is 0 Å². The number of aliphatic carboxylic acids is 1. The molecule has 1 aromatic rings. The second-order valence-corrected chi connectivity index (χ2v) is 5.06. The molecule has 0 atom stereocenters. The Morgan fingerprint density at radius 3 is 2.47 bits per heavy atom. The van der Waals surface area contributed by atoms with Crippen LogP contribution in [0, 0.1) is 11.6 Å². The lowest BCUT2D eigenvalue weighted by Crippen LogP contribution is -2.61. The van der Waals surface area contributed by atoms with Gasteiger partial charge in [0.05, 0.1) is 5.60 Å². The lowest BCUT2D eigenvalue weighted by Gasteiger charge is -2.47. The highest BCUT2D eigenvalue weighted by atomic mass is 19.1. The van der Waals surface area contributed by atoms with Gasteiger partial charge in [0.25, 0.3) is 0 Å². The van der Waals surface area contributed by atoms with Gasteiger partial charge in [-0.25, -0.2) is 13.6 Å². The molecule has 0 saturated carbocycles. The fraction of sp³-hybridized carbons (Fsp3) is 0.462. The van der Waals surface area contributed by atoms with Gasteiger partial charge in [-0.2, -0.15) is 0 Å². The number of halogens is 2. The van der Waals surface area contributed by atoms with Gasteiger partial charge in [0.15, 0.2) is 0 Å². The van der Waals surface area contributed by atoms with E-state index in [1.54, 1.807) is 0 Å². The van der Waals surface area contributed by atoms with Gasteiger partial charge in [-0.3, -0.25) is 4.90 Å². The van der Waals surface area contributed by atoms with Gasteiger partial charge in [-0.15, -0.1) is 0 Å². The van der Waals surface area contributed by atoms with E-state index in [9.17, 15) is 13.6 Å². The monoisotopic (exact) mass is 271 g/mol. The number of hydrogen-bond acceptors (Lipinski definition) is 3. The second-order valence-electron chi connectivity index (χ2n) is 5.06. The van der Waals surface area contributed by atoms with Crippen molar-refractivity contribution < 1.29 is 23.4 Å². The molecule has 2 rings (SSSR count). The first-order chi connectivity index (χ1) is 8.86. The predicted octanol–water partition coefficient (Wildman–Crippen LogP) is 1.64. The maximum Gasteiger partial charge on any atom is 0.329 e. The predicted molar refractivity (Wildman–Crippen MR) is 63.6 cm³/mol. The van der Waals surface area contributed by atoms with Crippen molar-refractivity contribution in [2.75, 3.05) is 19.7 Å². The molecule has 1 aliphatic rings. The van der Waals surface area contributed by atoms with E-state index in [0.717, 1.165) is 6.07 Å². The largest absolute Gasteiger partial charge is 0.480 e. The Bertz CT molecular complexity index is 467. The van der Waals surface area contributed by atoms with Crippen LogP contribution in [0.1, 0.15) is 12.5 Å². The molecule has 0 spiro atoms. The highest BCUT2D eigenvalue weighted by Crippen LogP contribution is 2.26. The minimum absolute atomic E-state index is 0.334. The van der Waals surface area contributed by atoms with Gasteiger partial charge >= 0.3 is 5.97 Å². The molecule has 1 aromatic carbocycles. The number of carbonyl (C=O) groups is 1. The van der Waals surface area contributed by atoms with Gasteiger partial charge < -0.3 is 9.84 Å². The average Bonchev–Trinajstić information content (AvgIpc) is 2.22. The molecule has 6 heteroatoms. The van der Waals surface area contributed by atoms with Crippen LogP contribution in [0.3, 0.4) is 0 Å². The molecule has 1 N–H and O–H groups in total. The van der Waals surface area contributed by atoms with Gasteiger partial charge in [0, 0.05) is 25.7 Å². The lowest BCUT2D eigenvalue weighted by atomic mass is 9.95. The number of rotatable bonds is 5. The van der Waals surface area contributed by atoms with Crippen LogP contribution in [0.5, 0.6) is 0 Å². The van der Waals surface area contributed by atoms with E-state index in [0.29, 0.717) is 25.2 Å². The van der Waals surface area contributed by atoms with E-state index in [1.807, 2.05) is 11.8 Å². The Morgan fingerprint density at radius 1 is 1.37 bits per heavy atom. The molecule has 0 aliphatic carbocycles. The Labute approximate surface area is 109 Å². The van der Waals surface area contributed by atoms with Crippen LogP contribution in [0.4, 0.5) is 8.78 Å². The second kappa shape index (κ2) is 5.22. The first-order valence-electron chi connectivity index (χ1n) is 5.89. The third-order valence-corrected chi connectivity index (χ3v) is 2.99. The molecule has 1 fully saturated rings. The van der Waals surface area contributed by atoms with Crippen LogP contribution in [-0.4, -0.2) is 41.3 Å². The fourth-order valence-electron chi connectivity index (χ4n) is 2.30. The van der Waals surface area contributed by atoms with Gasteiger partial charge in [0.2, 0.25) is 0 Å². The summed E-state index contributed by atoms with van der Waals surface area (Å²) in [6.45, 7) is 2.98. The summed E-state index contributed by atoms with van der Waals surface area (Å²) in [7, 11) is 0. The van der Waals surface area contributed by atoms with Gasteiger partial charge in [0.1, 0.15) is 18.2 Å². The first kappa shape index (κ1) is 13.9. The summed E-state index contributed by atoms with van der Waals surface area (Å²) in [5, 5.41) is 8.54. The number of likely N-dealkylation sites (tertiary alicyclic amines) is 1. The number of carboxylic acid groups (broad SMARTS) is 1. The van der Waals surface area contributed by atoms with Crippen molar-refractivity contribution in [3.63, 3.8) is 0 Å². The van der Waals surface area contributed by atoms with Crippen molar-refractivity contribution in [2.45, 2.75) is 19.1 Å². The number of ether oxygens (including phenoxy) is 1. The topological polar surface area (TPSA) is 49.8 Å². The summed E-state index contributed by atoms with van der Waals surface area (Å²) in [5.41, 5.74) is 0.0577. The Kier molecular flexibility index (Phi) is 3.82. The maximum absolute atomic E-state index is 13.0. The molecular weight excluding hydrogens is 256 g/mol. The molecular formula is C13H15F2NO3.